The maximum atomic E-state index is 11.9. The number of carbonyl (C=O) groups excluding carboxylic acids is 2. The third kappa shape index (κ3) is 5.19. The number of hydrogen-bond acceptors (Lipinski definition) is 4. The number of amides is 1. The smallest absolute Gasteiger partial charge is 0.306 e. The van der Waals surface area contributed by atoms with Crippen LogP contribution in [0.5, 0.6) is 0 Å². The molecule has 1 heterocycles. The highest BCUT2D eigenvalue weighted by Crippen LogP contribution is 2.17. The summed E-state index contributed by atoms with van der Waals surface area (Å²) >= 11 is 0. The summed E-state index contributed by atoms with van der Waals surface area (Å²) in [5.41, 5.74) is 0. The van der Waals surface area contributed by atoms with Gasteiger partial charge in [0.05, 0.1) is 13.0 Å². The Morgan fingerprint density at radius 2 is 2.05 bits per heavy atom. The summed E-state index contributed by atoms with van der Waals surface area (Å²) in [6.45, 7) is 7.22. The molecule has 1 atom stereocenters. The van der Waals surface area contributed by atoms with Crippen LogP contribution < -0.4 is 0 Å². The number of likely N-dealkylation sites (N-methyl/N-ethyl adjacent to an activating group) is 2. The quantitative estimate of drug-likeness (QED) is 0.654. The van der Waals surface area contributed by atoms with Crippen molar-refractivity contribution in [2.24, 2.45) is 0 Å². The van der Waals surface area contributed by atoms with Gasteiger partial charge in [0, 0.05) is 26.1 Å². The van der Waals surface area contributed by atoms with E-state index in [1.54, 1.807) is 11.8 Å². The van der Waals surface area contributed by atoms with Gasteiger partial charge in [0.25, 0.3) is 0 Å². The first-order valence-corrected chi connectivity index (χ1v) is 7.22. The van der Waals surface area contributed by atoms with Crippen LogP contribution in [0.1, 0.15) is 39.5 Å². The molecule has 0 spiro atoms. The molecule has 0 radical (unpaired) electrons. The molecule has 5 heteroatoms. The number of esters is 1. The van der Waals surface area contributed by atoms with Gasteiger partial charge in [0.1, 0.15) is 0 Å². The van der Waals surface area contributed by atoms with Gasteiger partial charge in [0.15, 0.2) is 0 Å². The van der Waals surface area contributed by atoms with Crippen molar-refractivity contribution in [1.29, 1.82) is 0 Å². The fourth-order valence-corrected chi connectivity index (χ4v) is 2.57. The predicted octanol–water partition coefficient (Wildman–Crippen LogP) is 1.27. The monoisotopic (exact) mass is 270 g/mol. The Hall–Kier alpha value is -1.10. The van der Waals surface area contributed by atoms with Crippen LogP contribution in [0.15, 0.2) is 0 Å². The van der Waals surface area contributed by atoms with Crippen LogP contribution in [0.2, 0.25) is 0 Å². The summed E-state index contributed by atoms with van der Waals surface area (Å²) < 4.78 is 4.82. The first-order chi connectivity index (χ1) is 9.08. The molecule has 0 aliphatic carbocycles. The highest BCUT2D eigenvalue weighted by molar-refractivity contribution is 5.81. The topological polar surface area (TPSA) is 49.9 Å². The van der Waals surface area contributed by atoms with Crippen molar-refractivity contribution in [3.63, 3.8) is 0 Å². The molecule has 0 aromatic carbocycles. The predicted molar refractivity (Wildman–Crippen MR) is 73.8 cm³/mol. The van der Waals surface area contributed by atoms with Gasteiger partial charge in [0.2, 0.25) is 5.91 Å². The molecule has 1 amide bonds. The fraction of sp³-hybridized carbons (Fsp3) is 0.857. The lowest BCUT2D eigenvalue weighted by atomic mass is 10.2. The van der Waals surface area contributed by atoms with Crippen LogP contribution in [0.4, 0.5) is 0 Å². The summed E-state index contributed by atoms with van der Waals surface area (Å²) in [4.78, 5) is 27.3. The van der Waals surface area contributed by atoms with E-state index in [-0.39, 0.29) is 24.7 Å². The standard InChI is InChI=1S/C14H26N2O3/c1-4-16-10-6-7-12(16)11-15(3)13(17)8-9-14(18)19-5-2/h12H,4-11H2,1-3H3. The summed E-state index contributed by atoms with van der Waals surface area (Å²) in [6.07, 6.45) is 2.79. The average Bonchev–Trinajstić information content (AvgIpc) is 2.83. The van der Waals surface area contributed by atoms with Gasteiger partial charge < -0.3 is 9.64 Å². The Morgan fingerprint density at radius 3 is 2.68 bits per heavy atom. The van der Waals surface area contributed by atoms with Crippen LogP contribution in [0, 0.1) is 0 Å². The number of hydrogen-bond donors (Lipinski definition) is 0. The molecule has 0 aromatic heterocycles. The molecule has 1 rings (SSSR count). The third-order valence-electron chi connectivity index (χ3n) is 3.66. The molecule has 1 aliphatic heterocycles. The number of nitrogens with zero attached hydrogens (tertiary/aromatic N) is 2. The minimum Gasteiger partial charge on any atom is -0.466 e. The normalized spacial score (nSPS) is 19.4. The molecular weight excluding hydrogens is 244 g/mol. The summed E-state index contributed by atoms with van der Waals surface area (Å²) in [5, 5.41) is 0. The van der Waals surface area contributed by atoms with Crippen LogP contribution in [0.3, 0.4) is 0 Å². The second-order valence-corrected chi connectivity index (χ2v) is 5.00. The van der Waals surface area contributed by atoms with E-state index in [1.807, 2.05) is 7.05 Å². The largest absolute Gasteiger partial charge is 0.466 e. The first-order valence-electron chi connectivity index (χ1n) is 7.22. The summed E-state index contributed by atoms with van der Waals surface area (Å²) in [5.74, 6) is -0.267. The van der Waals surface area contributed by atoms with E-state index in [4.69, 9.17) is 4.74 Å². The number of rotatable bonds is 7. The molecule has 5 nitrogen and oxygen atoms in total. The maximum Gasteiger partial charge on any atom is 0.306 e. The Bertz CT molecular complexity index is 307. The Labute approximate surface area is 115 Å². The molecule has 1 aliphatic rings. The molecule has 0 N–H and O–H groups in total. The van der Waals surface area contributed by atoms with Gasteiger partial charge in [-0.25, -0.2) is 0 Å². The van der Waals surface area contributed by atoms with Crippen molar-refractivity contribution in [3.05, 3.63) is 0 Å². The zero-order valence-electron chi connectivity index (χ0n) is 12.4. The maximum absolute atomic E-state index is 11.9. The highest BCUT2D eigenvalue weighted by atomic mass is 16.5. The molecule has 110 valence electrons. The van der Waals surface area contributed by atoms with Crippen LogP contribution >= 0.6 is 0 Å². The zero-order valence-corrected chi connectivity index (χ0v) is 12.4. The summed E-state index contributed by atoms with van der Waals surface area (Å²) in [7, 11) is 1.82. The fourth-order valence-electron chi connectivity index (χ4n) is 2.57. The zero-order chi connectivity index (χ0) is 14.3. The minimum atomic E-state index is -0.291. The second-order valence-electron chi connectivity index (χ2n) is 5.00. The SMILES string of the molecule is CCOC(=O)CCC(=O)N(C)CC1CCCN1CC. The van der Waals surface area contributed by atoms with E-state index >= 15 is 0 Å². The Balaban J connectivity index is 2.30. The van der Waals surface area contributed by atoms with E-state index in [1.165, 1.54) is 6.42 Å². The van der Waals surface area contributed by atoms with Gasteiger partial charge in [-0.2, -0.15) is 0 Å². The molecule has 1 unspecified atom stereocenters. The van der Waals surface area contributed by atoms with E-state index in [9.17, 15) is 9.59 Å². The molecule has 1 saturated heterocycles. The van der Waals surface area contributed by atoms with Crippen LogP contribution in [0.25, 0.3) is 0 Å². The van der Waals surface area contributed by atoms with Crippen LogP contribution in [-0.4, -0.2) is 61.0 Å². The lowest BCUT2D eigenvalue weighted by Crippen LogP contribution is -2.41. The molecule has 0 aromatic rings. The lowest BCUT2D eigenvalue weighted by molar-refractivity contribution is -0.145. The third-order valence-corrected chi connectivity index (χ3v) is 3.66. The van der Waals surface area contributed by atoms with E-state index in [0.29, 0.717) is 12.6 Å². The molecule has 19 heavy (non-hydrogen) atoms. The average molecular weight is 270 g/mol. The van der Waals surface area contributed by atoms with Crippen molar-refractivity contribution in [1.82, 2.24) is 9.80 Å². The van der Waals surface area contributed by atoms with Crippen molar-refractivity contribution in [2.45, 2.75) is 45.6 Å². The summed E-state index contributed by atoms with van der Waals surface area (Å²) in [6, 6.07) is 0.474. The Kier molecular flexibility index (Phi) is 6.84. The van der Waals surface area contributed by atoms with E-state index in [0.717, 1.165) is 26.1 Å². The Morgan fingerprint density at radius 1 is 1.32 bits per heavy atom. The molecule has 0 bridgehead atoms. The van der Waals surface area contributed by atoms with Gasteiger partial charge >= 0.3 is 5.97 Å². The molecular formula is C14H26N2O3. The highest BCUT2D eigenvalue weighted by Gasteiger charge is 2.25. The lowest BCUT2D eigenvalue weighted by Gasteiger charge is -2.27. The first kappa shape index (κ1) is 16.0. The van der Waals surface area contributed by atoms with Crippen molar-refractivity contribution >= 4 is 11.9 Å². The number of ether oxygens (including phenoxy) is 1. The molecule has 1 fully saturated rings. The number of likely N-dealkylation sites (tertiary alicyclic amines) is 1. The molecule has 0 saturated carbocycles. The van der Waals surface area contributed by atoms with Crippen molar-refractivity contribution in [2.75, 3.05) is 33.3 Å². The van der Waals surface area contributed by atoms with E-state index in [2.05, 4.69) is 11.8 Å². The van der Waals surface area contributed by atoms with Crippen molar-refractivity contribution in [3.8, 4) is 0 Å². The number of carbonyl (C=O) groups is 2. The van der Waals surface area contributed by atoms with Gasteiger partial charge in [-0.05, 0) is 32.9 Å². The second kappa shape index (κ2) is 8.15. The van der Waals surface area contributed by atoms with Gasteiger partial charge in [-0.15, -0.1) is 0 Å². The van der Waals surface area contributed by atoms with Crippen LogP contribution in [-0.2, 0) is 14.3 Å². The van der Waals surface area contributed by atoms with E-state index < -0.39 is 0 Å². The minimum absolute atomic E-state index is 0.0241. The van der Waals surface area contributed by atoms with Gasteiger partial charge in [-0.3, -0.25) is 14.5 Å². The van der Waals surface area contributed by atoms with Gasteiger partial charge in [-0.1, -0.05) is 6.92 Å². The van der Waals surface area contributed by atoms with Crippen molar-refractivity contribution < 1.29 is 14.3 Å².